The largest absolute Gasteiger partial charge is 0.494 e. The highest BCUT2D eigenvalue weighted by Gasteiger charge is 2.11. The summed E-state index contributed by atoms with van der Waals surface area (Å²) in [4.78, 5) is 12.7. The molecule has 1 aromatic carbocycles. The second kappa shape index (κ2) is 5.71. The lowest BCUT2D eigenvalue weighted by atomic mass is 10.2. The number of hydrogen-bond donors (Lipinski definition) is 1. The van der Waals surface area contributed by atoms with Crippen molar-refractivity contribution in [1.29, 1.82) is 0 Å². The molecule has 0 saturated carbocycles. The number of benzene rings is 1. The Kier molecular flexibility index (Phi) is 3.61. The summed E-state index contributed by atoms with van der Waals surface area (Å²) in [5.74, 6) is 0.453. The van der Waals surface area contributed by atoms with Crippen LogP contribution in [0.25, 0.3) is 5.69 Å². The van der Waals surface area contributed by atoms with E-state index in [9.17, 15) is 4.79 Å². The number of rotatable bonds is 4. The fourth-order valence-corrected chi connectivity index (χ4v) is 2.44. The van der Waals surface area contributed by atoms with Crippen molar-refractivity contribution < 1.29 is 9.53 Å². The molecule has 8 heteroatoms. The van der Waals surface area contributed by atoms with Crippen molar-refractivity contribution in [3.05, 3.63) is 46.9 Å². The van der Waals surface area contributed by atoms with E-state index in [4.69, 9.17) is 4.74 Å². The number of hydrogen-bond acceptors (Lipinski definition) is 6. The molecule has 106 valence electrons. The van der Waals surface area contributed by atoms with Gasteiger partial charge in [-0.05, 0) is 40.1 Å². The van der Waals surface area contributed by atoms with Crippen LogP contribution in [0.1, 0.15) is 9.67 Å². The smallest absolute Gasteiger partial charge is 0.265 e. The summed E-state index contributed by atoms with van der Waals surface area (Å²) in [6.07, 6.45) is 1.46. The number of amides is 1. The molecule has 1 amide bonds. The van der Waals surface area contributed by atoms with Gasteiger partial charge in [0.15, 0.2) is 0 Å². The summed E-state index contributed by atoms with van der Waals surface area (Å²) < 4.78 is 6.75. The zero-order valence-electron chi connectivity index (χ0n) is 11.1. The predicted octanol–water partition coefficient (Wildman–Crippen LogP) is 1.98. The molecule has 7 nitrogen and oxygen atoms in total. The van der Waals surface area contributed by atoms with E-state index in [1.54, 1.807) is 31.4 Å². The second-order valence-corrected chi connectivity index (χ2v) is 5.02. The molecule has 0 saturated heterocycles. The van der Waals surface area contributed by atoms with Gasteiger partial charge >= 0.3 is 0 Å². The molecule has 2 aromatic heterocycles. The van der Waals surface area contributed by atoms with E-state index >= 15 is 0 Å². The fourth-order valence-electron chi connectivity index (χ4n) is 1.82. The first-order valence-corrected chi connectivity index (χ1v) is 6.92. The van der Waals surface area contributed by atoms with E-state index in [0.717, 1.165) is 0 Å². The molecule has 0 bridgehead atoms. The van der Waals surface area contributed by atoms with Crippen LogP contribution in [0.5, 0.6) is 5.75 Å². The number of thiophene rings is 1. The molecule has 0 aliphatic rings. The van der Waals surface area contributed by atoms with Crippen molar-refractivity contribution in [2.45, 2.75) is 0 Å². The van der Waals surface area contributed by atoms with Gasteiger partial charge in [-0.2, -0.15) is 4.68 Å². The second-order valence-electron chi connectivity index (χ2n) is 4.07. The number of aromatic nitrogens is 4. The summed E-state index contributed by atoms with van der Waals surface area (Å²) in [6, 6.07) is 8.87. The van der Waals surface area contributed by atoms with Crippen LogP contribution < -0.4 is 10.1 Å². The molecule has 0 radical (unpaired) electrons. The van der Waals surface area contributed by atoms with Gasteiger partial charge in [0.1, 0.15) is 17.8 Å². The van der Waals surface area contributed by atoms with Crippen LogP contribution in [0.2, 0.25) is 0 Å². The average Bonchev–Trinajstić information content (AvgIpc) is 3.20. The van der Waals surface area contributed by atoms with Crippen molar-refractivity contribution in [2.24, 2.45) is 0 Å². The molecule has 3 rings (SSSR count). The molecule has 0 aliphatic heterocycles. The first-order valence-electron chi connectivity index (χ1n) is 6.04. The van der Waals surface area contributed by atoms with E-state index in [2.05, 4.69) is 20.8 Å². The quantitative estimate of drug-likeness (QED) is 0.797. The monoisotopic (exact) mass is 301 g/mol. The molecule has 0 spiro atoms. The standard InChI is InChI=1S/C13H11N5O2S/c1-20-11-5-4-9(7-10(11)18-8-14-16-17-18)15-13(19)12-3-2-6-21-12/h2-8H,1H3,(H,15,19). The van der Waals surface area contributed by atoms with Crippen LogP contribution in [0.15, 0.2) is 42.0 Å². The van der Waals surface area contributed by atoms with Crippen molar-refractivity contribution in [2.75, 3.05) is 12.4 Å². The Hall–Kier alpha value is -2.74. The molecule has 21 heavy (non-hydrogen) atoms. The number of ether oxygens (including phenoxy) is 1. The summed E-state index contributed by atoms with van der Waals surface area (Å²) in [7, 11) is 1.56. The van der Waals surface area contributed by atoms with Crippen LogP contribution in [0.4, 0.5) is 5.69 Å². The van der Waals surface area contributed by atoms with E-state index in [0.29, 0.717) is 22.0 Å². The normalized spacial score (nSPS) is 10.3. The van der Waals surface area contributed by atoms with Gasteiger partial charge in [0, 0.05) is 5.69 Å². The molecule has 3 aromatic rings. The summed E-state index contributed by atoms with van der Waals surface area (Å²) >= 11 is 1.39. The SMILES string of the molecule is COc1ccc(NC(=O)c2cccs2)cc1-n1cnnn1. The molecule has 1 N–H and O–H groups in total. The molecule has 0 aliphatic carbocycles. The number of methoxy groups -OCH3 is 1. The average molecular weight is 301 g/mol. The topological polar surface area (TPSA) is 81.9 Å². The fraction of sp³-hybridized carbons (Fsp3) is 0.0769. The van der Waals surface area contributed by atoms with Crippen molar-refractivity contribution in [1.82, 2.24) is 20.2 Å². The zero-order valence-corrected chi connectivity index (χ0v) is 11.9. The zero-order chi connectivity index (χ0) is 14.7. The maximum absolute atomic E-state index is 12.0. The highest BCUT2D eigenvalue weighted by Crippen LogP contribution is 2.26. The third kappa shape index (κ3) is 2.75. The van der Waals surface area contributed by atoms with E-state index in [-0.39, 0.29) is 5.91 Å². The first kappa shape index (κ1) is 13.3. The number of nitrogens with one attached hydrogen (secondary N) is 1. The predicted molar refractivity (Wildman–Crippen MR) is 78.0 cm³/mol. The number of carbonyl (C=O) groups is 1. The lowest BCUT2D eigenvalue weighted by Crippen LogP contribution is -2.10. The van der Waals surface area contributed by atoms with Crippen LogP contribution >= 0.6 is 11.3 Å². The Morgan fingerprint density at radius 1 is 1.38 bits per heavy atom. The van der Waals surface area contributed by atoms with Gasteiger partial charge in [-0.15, -0.1) is 16.4 Å². The third-order valence-corrected chi connectivity index (χ3v) is 3.65. The Morgan fingerprint density at radius 3 is 2.95 bits per heavy atom. The lowest BCUT2D eigenvalue weighted by molar-refractivity contribution is 0.103. The molecule has 0 atom stereocenters. The Labute approximate surface area is 124 Å². The number of tetrazole rings is 1. The molecule has 2 heterocycles. The molecular formula is C13H11N5O2S. The van der Waals surface area contributed by atoms with Crippen LogP contribution in [-0.2, 0) is 0 Å². The lowest BCUT2D eigenvalue weighted by Gasteiger charge is -2.10. The van der Waals surface area contributed by atoms with Gasteiger partial charge in [0.05, 0.1) is 12.0 Å². The van der Waals surface area contributed by atoms with Gasteiger partial charge in [-0.25, -0.2) is 0 Å². The maximum Gasteiger partial charge on any atom is 0.265 e. The molecular weight excluding hydrogens is 290 g/mol. The van der Waals surface area contributed by atoms with Gasteiger partial charge in [-0.1, -0.05) is 6.07 Å². The number of anilines is 1. The van der Waals surface area contributed by atoms with Crippen molar-refractivity contribution in [3.63, 3.8) is 0 Å². The summed E-state index contributed by atoms with van der Waals surface area (Å²) in [6.45, 7) is 0. The minimum Gasteiger partial charge on any atom is -0.494 e. The van der Waals surface area contributed by atoms with Gasteiger partial charge in [-0.3, -0.25) is 4.79 Å². The molecule has 0 unspecified atom stereocenters. The van der Waals surface area contributed by atoms with Crippen LogP contribution in [0.3, 0.4) is 0 Å². The van der Waals surface area contributed by atoms with E-state index in [1.807, 2.05) is 11.4 Å². The minimum atomic E-state index is -0.155. The summed E-state index contributed by atoms with van der Waals surface area (Å²) in [5, 5.41) is 15.7. The Bertz CT molecular complexity index is 740. The number of nitrogens with zero attached hydrogens (tertiary/aromatic N) is 4. The van der Waals surface area contributed by atoms with Gasteiger partial charge in [0.2, 0.25) is 0 Å². The van der Waals surface area contributed by atoms with Crippen LogP contribution in [0, 0.1) is 0 Å². The minimum absolute atomic E-state index is 0.155. The van der Waals surface area contributed by atoms with Gasteiger partial charge < -0.3 is 10.1 Å². The molecule has 0 fully saturated rings. The number of carbonyl (C=O) groups excluding carboxylic acids is 1. The van der Waals surface area contributed by atoms with Crippen LogP contribution in [-0.4, -0.2) is 33.2 Å². The van der Waals surface area contributed by atoms with E-state index in [1.165, 1.54) is 22.3 Å². The highest BCUT2D eigenvalue weighted by molar-refractivity contribution is 7.12. The third-order valence-electron chi connectivity index (χ3n) is 2.78. The first-order chi connectivity index (χ1) is 10.3. The Balaban J connectivity index is 1.90. The summed E-state index contributed by atoms with van der Waals surface area (Å²) in [5.41, 5.74) is 1.28. The van der Waals surface area contributed by atoms with Gasteiger partial charge in [0.25, 0.3) is 5.91 Å². The Morgan fingerprint density at radius 2 is 2.29 bits per heavy atom. The highest BCUT2D eigenvalue weighted by atomic mass is 32.1. The van der Waals surface area contributed by atoms with E-state index < -0.39 is 0 Å². The van der Waals surface area contributed by atoms with Crippen molar-refractivity contribution in [3.8, 4) is 11.4 Å². The van der Waals surface area contributed by atoms with Crippen molar-refractivity contribution >= 4 is 22.9 Å². The maximum atomic E-state index is 12.0.